The highest BCUT2D eigenvalue weighted by molar-refractivity contribution is 5.94. The number of hydrogen-bond acceptors (Lipinski definition) is 1. The molecule has 1 aromatic rings. The van der Waals surface area contributed by atoms with E-state index in [9.17, 15) is 0 Å². The van der Waals surface area contributed by atoms with Gasteiger partial charge in [-0.15, -0.1) is 0 Å². The van der Waals surface area contributed by atoms with Gasteiger partial charge in [0.15, 0.2) is 0 Å². The molecule has 1 aromatic carbocycles. The van der Waals surface area contributed by atoms with Crippen molar-refractivity contribution in [1.82, 2.24) is 0 Å². The molecule has 0 aliphatic rings. The van der Waals surface area contributed by atoms with Crippen LogP contribution in [-0.2, 0) is 0 Å². The van der Waals surface area contributed by atoms with Crippen LogP contribution in [0.4, 0.5) is 0 Å². The molecule has 0 unspecified atom stereocenters. The second-order valence-corrected chi connectivity index (χ2v) is 2.11. The summed E-state index contributed by atoms with van der Waals surface area (Å²) in [5.41, 5.74) is 6.90. The standard InChI is InChI=1S/C8H9N2/c1-6-2-4-7(5-3-6)8(9)10/h2-5H,1H2,(H3,9,10). The minimum Gasteiger partial charge on any atom is -0.384 e. The Labute approximate surface area is 60.2 Å². The maximum absolute atomic E-state index is 7.06. The SMILES string of the molecule is [CH2]c1ccc(C(=N)N)cc1. The van der Waals surface area contributed by atoms with Gasteiger partial charge in [0.1, 0.15) is 5.84 Å². The maximum Gasteiger partial charge on any atom is 0.122 e. The second kappa shape index (κ2) is 2.52. The Balaban J connectivity index is 3.00. The van der Waals surface area contributed by atoms with Crippen LogP contribution in [0, 0.1) is 12.3 Å². The Bertz CT molecular complexity index is 236. The van der Waals surface area contributed by atoms with Gasteiger partial charge < -0.3 is 5.73 Å². The first kappa shape index (κ1) is 6.81. The van der Waals surface area contributed by atoms with Crippen LogP contribution in [-0.4, -0.2) is 5.84 Å². The summed E-state index contributed by atoms with van der Waals surface area (Å²) in [6.07, 6.45) is 0. The lowest BCUT2D eigenvalue weighted by molar-refractivity contribution is 1.42. The summed E-state index contributed by atoms with van der Waals surface area (Å²) in [5.74, 6) is 0.0972. The fourth-order valence-electron chi connectivity index (χ4n) is 0.684. The molecule has 0 saturated carbocycles. The van der Waals surface area contributed by atoms with Crippen molar-refractivity contribution in [3.63, 3.8) is 0 Å². The minimum atomic E-state index is 0.0972. The molecule has 0 amide bonds. The fourth-order valence-corrected chi connectivity index (χ4v) is 0.684. The summed E-state index contributed by atoms with van der Waals surface area (Å²) in [5, 5.41) is 7.06. The molecule has 1 radical (unpaired) electrons. The minimum absolute atomic E-state index is 0.0972. The number of nitrogens with one attached hydrogen (secondary N) is 1. The summed E-state index contributed by atoms with van der Waals surface area (Å²) in [6.45, 7) is 3.71. The van der Waals surface area contributed by atoms with Crippen LogP contribution in [0.5, 0.6) is 0 Å². The smallest absolute Gasteiger partial charge is 0.122 e. The van der Waals surface area contributed by atoms with Crippen LogP contribution < -0.4 is 5.73 Å². The molecule has 2 nitrogen and oxygen atoms in total. The van der Waals surface area contributed by atoms with Gasteiger partial charge in [0, 0.05) is 5.56 Å². The van der Waals surface area contributed by atoms with Crippen molar-refractivity contribution < 1.29 is 0 Å². The Morgan fingerprint density at radius 1 is 1.30 bits per heavy atom. The van der Waals surface area contributed by atoms with Crippen LogP contribution in [0.2, 0.25) is 0 Å². The first-order chi connectivity index (χ1) is 4.70. The molecule has 1 rings (SSSR count). The van der Waals surface area contributed by atoms with Crippen molar-refractivity contribution >= 4 is 5.84 Å². The normalized spacial score (nSPS) is 9.30. The van der Waals surface area contributed by atoms with E-state index in [1.165, 1.54) is 0 Å². The van der Waals surface area contributed by atoms with E-state index < -0.39 is 0 Å². The van der Waals surface area contributed by atoms with Crippen LogP contribution in [0.15, 0.2) is 24.3 Å². The zero-order valence-corrected chi connectivity index (χ0v) is 5.59. The summed E-state index contributed by atoms with van der Waals surface area (Å²) in [6, 6.07) is 7.22. The first-order valence-corrected chi connectivity index (χ1v) is 2.96. The lowest BCUT2D eigenvalue weighted by Gasteiger charge is -1.96. The zero-order valence-electron chi connectivity index (χ0n) is 5.59. The zero-order chi connectivity index (χ0) is 7.56. The van der Waals surface area contributed by atoms with Gasteiger partial charge in [-0.3, -0.25) is 5.41 Å². The van der Waals surface area contributed by atoms with E-state index in [1.807, 2.05) is 12.1 Å². The highest BCUT2D eigenvalue weighted by Crippen LogP contribution is 2.00. The van der Waals surface area contributed by atoms with E-state index in [0.717, 1.165) is 11.1 Å². The van der Waals surface area contributed by atoms with Gasteiger partial charge in [-0.05, 0) is 12.5 Å². The molecule has 2 heteroatoms. The van der Waals surface area contributed by atoms with Gasteiger partial charge in [0.05, 0.1) is 0 Å². The molecule has 10 heavy (non-hydrogen) atoms. The Kier molecular flexibility index (Phi) is 1.71. The van der Waals surface area contributed by atoms with Gasteiger partial charge in [0.25, 0.3) is 0 Å². The van der Waals surface area contributed by atoms with Crippen molar-refractivity contribution in [3.8, 4) is 0 Å². The second-order valence-electron chi connectivity index (χ2n) is 2.11. The third kappa shape index (κ3) is 1.35. The van der Waals surface area contributed by atoms with Crippen LogP contribution in [0.25, 0.3) is 0 Å². The van der Waals surface area contributed by atoms with Crippen LogP contribution >= 0.6 is 0 Å². The van der Waals surface area contributed by atoms with E-state index in [4.69, 9.17) is 11.1 Å². The van der Waals surface area contributed by atoms with Crippen molar-refractivity contribution in [2.24, 2.45) is 5.73 Å². The molecule has 3 N–H and O–H groups in total. The van der Waals surface area contributed by atoms with E-state index in [2.05, 4.69) is 6.92 Å². The summed E-state index contributed by atoms with van der Waals surface area (Å²) < 4.78 is 0. The average molecular weight is 133 g/mol. The van der Waals surface area contributed by atoms with E-state index in [0.29, 0.717) is 0 Å². The number of amidine groups is 1. The quantitative estimate of drug-likeness (QED) is 0.438. The Hall–Kier alpha value is -1.31. The average Bonchev–Trinajstić information content (AvgIpc) is 1.88. The molecule has 0 atom stereocenters. The molecule has 0 heterocycles. The monoisotopic (exact) mass is 133 g/mol. The Morgan fingerprint density at radius 2 is 1.80 bits per heavy atom. The molecule has 0 bridgehead atoms. The summed E-state index contributed by atoms with van der Waals surface area (Å²) in [7, 11) is 0. The van der Waals surface area contributed by atoms with Crippen molar-refractivity contribution in [2.75, 3.05) is 0 Å². The van der Waals surface area contributed by atoms with Crippen molar-refractivity contribution in [3.05, 3.63) is 42.3 Å². The van der Waals surface area contributed by atoms with Gasteiger partial charge in [0.2, 0.25) is 0 Å². The van der Waals surface area contributed by atoms with Gasteiger partial charge >= 0.3 is 0 Å². The van der Waals surface area contributed by atoms with Crippen molar-refractivity contribution in [2.45, 2.75) is 0 Å². The van der Waals surface area contributed by atoms with Crippen molar-refractivity contribution in [1.29, 1.82) is 5.41 Å². The molecule has 0 saturated heterocycles. The number of nitrogen functional groups attached to an aromatic ring is 1. The number of benzene rings is 1. The number of hydrogen-bond donors (Lipinski definition) is 2. The molecule has 0 aromatic heterocycles. The summed E-state index contributed by atoms with van der Waals surface area (Å²) >= 11 is 0. The molecular formula is C8H9N2. The third-order valence-corrected chi connectivity index (χ3v) is 1.26. The van der Waals surface area contributed by atoms with Crippen LogP contribution in [0.3, 0.4) is 0 Å². The van der Waals surface area contributed by atoms with Crippen LogP contribution in [0.1, 0.15) is 11.1 Å². The molecule has 51 valence electrons. The number of nitrogens with two attached hydrogens (primary N) is 1. The topological polar surface area (TPSA) is 49.9 Å². The van der Waals surface area contributed by atoms with E-state index in [-0.39, 0.29) is 5.84 Å². The molecule has 0 aliphatic heterocycles. The van der Waals surface area contributed by atoms with E-state index in [1.54, 1.807) is 12.1 Å². The first-order valence-electron chi connectivity index (χ1n) is 2.96. The number of rotatable bonds is 1. The van der Waals surface area contributed by atoms with Gasteiger partial charge in [-0.25, -0.2) is 0 Å². The van der Waals surface area contributed by atoms with E-state index >= 15 is 0 Å². The van der Waals surface area contributed by atoms with Gasteiger partial charge in [-0.2, -0.15) is 0 Å². The highest BCUT2D eigenvalue weighted by Gasteiger charge is 1.92. The fraction of sp³-hybridized carbons (Fsp3) is 0. The lowest BCUT2D eigenvalue weighted by atomic mass is 10.1. The molecule has 0 spiro atoms. The predicted molar refractivity (Wildman–Crippen MR) is 41.9 cm³/mol. The van der Waals surface area contributed by atoms with Gasteiger partial charge in [-0.1, -0.05) is 24.3 Å². The predicted octanol–water partition coefficient (Wildman–Crippen LogP) is 1.15. The molecule has 0 fully saturated rings. The molecular weight excluding hydrogens is 124 g/mol. The Morgan fingerprint density at radius 3 is 2.20 bits per heavy atom. The maximum atomic E-state index is 7.06. The molecule has 0 aliphatic carbocycles. The largest absolute Gasteiger partial charge is 0.384 e. The summed E-state index contributed by atoms with van der Waals surface area (Å²) in [4.78, 5) is 0. The lowest BCUT2D eigenvalue weighted by Crippen LogP contribution is -2.10. The highest BCUT2D eigenvalue weighted by atomic mass is 14.7. The third-order valence-electron chi connectivity index (χ3n) is 1.26.